The van der Waals surface area contributed by atoms with Gasteiger partial charge in [-0.05, 0) is 69.5 Å². The summed E-state index contributed by atoms with van der Waals surface area (Å²) < 4.78 is 14.0. The minimum Gasteiger partial charge on any atom is -0.492 e. The maximum absolute atomic E-state index is 11.1. The van der Waals surface area contributed by atoms with E-state index in [1.54, 1.807) is 0 Å². The van der Waals surface area contributed by atoms with Crippen molar-refractivity contribution in [1.29, 1.82) is 0 Å². The van der Waals surface area contributed by atoms with Crippen LogP contribution in [0.2, 0.25) is 0 Å². The van der Waals surface area contributed by atoms with Crippen LogP contribution in [-0.2, 0) is 13.1 Å². The third-order valence-corrected chi connectivity index (χ3v) is 6.37. The highest BCUT2D eigenvalue weighted by Gasteiger charge is 2.31. The second-order valence-corrected chi connectivity index (χ2v) is 9.12. The van der Waals surface area contributed by atoms with Gasteiger partial charge in [0.15, 0.2) is 0 Å². The number of imidazole rings is 1. The third kappa shape index (κ3) is 6.83. The molecule has 0 spiro atoms. The highest BCUT2D eigenvalue weighted by molar-refractivity contribution is 5.28. The lowest BCUT2D eigenvalue weighted by Crippen LogP contribution is -2.37. The summed E-state index contributed by atoms with van der Waals surface area (Å²) >= 11 is 0. The van der Waals surface area contributed by atoms with E-state index in [1.165, 1.54) is 11.1 Å². The Labute approximate surface area is 196 Å². The Bertz CT molecular complexity index is 1020. The number of nitrogens with zero attached hydrogens (tertiary/aromatic N) is 3. The summed E-state index contributed by atoms with van der Waals surface area (Å²) in [6.07, 6.45) is 6.20. The largest absolute Gasteiger partial charge is 0.492 e. The molecular weight excluding hydrogens is 414 g/mol. The maximum Gasteiger partial charge on any atom is 0.119 e. The first-order valence-electron chi connectivity index (χ1n) is 11.8. The van der Waals surface area contributed by atoms with Crippen molar-refractivity contribution < 1.29 is 14.6 Å². The molecule has 1 saturated heterocycles. The molecule has 0 saturated carbocycles. The average molecular weight is 450 g/mol. The number of aryl methyl sites for hydroxylation is 2. The molecule has 2 heterocycles. The summed E-state index contributed by atoms with van der Waals surface area (Å²) in [6, 6.07) is 16.3. The molecule has 1 N–H and O–H groups in total. The quantitative estimate of drug-likeness (QED) is 0.526. The van der Waals surface area contributed by atoms with E-state index in [1.807, 2.05) is 49.6 Å². The van der Waals surface area contributed by atoms with E-state index in [2.05, 4.69) is 39.6 Å². The van der Waals surface area contributed by atoms with E-state index in [4.69, 9.17) is 9.47 Å². The zero-order valence-corrected chi connectivity index (χ0v) is 19.7. The Morgan fingerprint density at radius 3 is 2.64 bits per heavy atom. The van der Waals surface area contributed by atoms with E-state index in [9.17, 15) is 5.11 Å². The molecule has 176 valence electrons. The maximum atomic E-state index is 11.1. The molecule has 1 aromatic heterocycles. The SMILES string of the molecule is Cc1ccc(OC[C@@]2(O)CCCN(Cc3cccc(OCCn4ccnc4C)c3)CC2)cc1. The first-order chi connectivity index (χ1) is 16.0. The van der Waals surface area contributed by atoms with Crippen molar-refractivity contribution in [3.05, 3.63) is 77.9 Å². The number of ether oxygens (including phenoxy) is 2. The first-order valence-corrected chi connectivity index (χ1v) is 11.8. The van der Waals surface area contributed by atoms with Gasteiger partial charge in [0.1, 0.15) is 30.5 Å². The Balaban J connectivity index is 1.25. The molecule has 1 aliphatic heterocycles. The molecule has 1 aliphatic rings. The van der Waals surface area contributed by atoms with Gasteiger partial charge in [-0.3, -0.25) is 4.90 Å². The number of likely N-dealkylation sites (tertiary alicyclic amines) is 1. The van der Waals surface area contributed by atoms with Gasteiger partial charge in [-0.25, -0.2) is 4.98 Å². The van der Waals surface area contributed by atoms with Gasteiger partial charge in [-0.1, -0.05) is 29.8 Å². The van der Waals surface area contributed by atoms with E-state index in [0.717, 1.165) is 56.3 Å². The van der Waals surface area contributed by atoms with Gasteiger partial charge in [0.25, 0.3) is 0 Å². The Kier molecular flexibility index (Phi) is 7.68. The summed E-state index contributed by atoms with van der Waals surface area (Å²) in [5, 5.41) is 11.1. The standard InChI is InChI=1S/C27H35N3O3/c1-22-7-9-25(10-8-22)33-21-27(31)11-4-14-29(15-12-27)20-24-5-3-6-26(19-24)32-18-17-30-16-13-28-23(30)2/h3,5-10,13,16,19,31H,4,11-12,14-15,17-18,20-21H2,1-2H3/t27-/m1/s1. The van der Waals surface area contributed by atoms with E-state index >= 15 is 0 Å². The summed E-state index contributed by atoms with van der Waals surface area (Å²) in [5.74, 6) is 2.70. The topological polar surface area (TPSA) is 59.8 Å². The molecule has 4 rings (SSSR count). The minimum absolute atomic E-state index is 0.337. The summed E-state index contributed by atoms with van der Waals surface area (Å²) in [7, 11) is 0. The van der Waals surface area contributed by atoms with Crippen LogP contribution in [0, 0.1) is 13.8 Å². The molecule has 0 unspecified atom stereocenters. The Morgan fingerprint density at radius 2 is 1.85 bits per heavy atom. The molecule has 0 radical (unpaired) electrons. The summed E-state index contributed by atoms with van der Waals surface area (Å²) in [4.78, 5) is 6.66. The van der Waals surface area contributed by atoms with Crippen molar-refractivity contribution in [1.82, 2.24) is 14.5 Å². The number of rotatable bonds is 9. The zero-order chi connectivity index (χ0) is 23.1. The number of hydrogen-bond donors (Lipinski definition) is 1. The van der Waals surface area contributed by atoms with Crippen molar-refractivity contribution in [2.24, 2.45) is 0 Å². The highest BCUT2D eigenvalue weighted by Crippen LogP contribution is 2.25. The van der Waals surface area contributed by atoms with Crippen molar-refractivity contribution in [3.63, 3.8) is 0 Å². The summed E-state index contributed by atoms with van der Waals surface area (Å²) in [6.45, 7) is 8.45. The third-order valence-electron chi connectivity index (χ3n) is 6.37. The molecule has 33 heavy (non-hydrogen) atoms. The fourth-order valence-corrected chi connectivity index (χ4v) is 4.28. The second kappa shape index (κ2) is 10.9. The number of aliphatic hydroxyl groups is 1. The zero-order valence-electron chi connectivity index (χ0n) is 19.7. The van der Waals surface area contributed by atoms with Crippen molar-refractivity contribution in [3.8, 4) is 11.5 Å². The predicted octanol–water partition coefficient (Wildman–Crippen LogP) is 4.37. The molecule has 0 bridgehead atoms. The molecule has 3 aromatic rings. The van der Waals surface area contributed by atoms with E-state index in [-0.39, 0.29) is 0 Å². The number of hydrogen-bond acceptors (Lipinski definition) is 5. The molecule has 6 nitrogen and oxygen atoms in total. The van der Waals surface area contributed by atoms with Gasteiger partial charge in [-0.15, -0.1) is 0 Å². The van der Waals surface area contributed by atoms with Gasteiger partial charge < -0.3 is 19.1 Å². The van der Waals surface area contributed by atoms with Gasteiger partial charge in [0, 0.05) is 25.5 Å². The predicted molar refractivity (Wildman–Crippen MR) is 130 cm³/mol. The van der Waals surface area contributed by atoms with Crippen molar-refractivity contribution in [2.45, 2.75) is 51.8 Å². The normalized spacial score (nSPS) is 19.2. The Morgan fingerprint density at radius 1 is 1.00 bits per heavy atom. The summed E-state index contributed by atoms with van der Waals surface area (Å²) in [5.41, 5.74) is 1.65. The van der Waals surface area contributed by atoms with Crippen LogP contribution >= 0.6 is 0 Å². The van der Waals surface area contributed by atoms with Crippen LogP contribution in [0.4, 0.5) is 0 Å². The van der Waals surface area contributed by atoms with Crippen LogP contribution in [0.25, 0.3) is 0 Å². The molecule has 0 aliphatic carbocycles. The first kappa shape index (κ1) is 23.3. The molecule has 1 atom stereocenters. The highest BCUT2D eigenvalue weighted by atomic mass is 16.5. The number of aromatic nitrogens is 2. The van der Waals surface area contributed by atoms with E-state index < -0.39 is 5.60 Å². The van der Waals surface area contributed by atoms with Crippen molar-refractivity contribution >= 4 is 0 Å². The minimum atomic E-state index is -0.782. The van der Waals surface area contributed by atoms with Gasteiger partial charge in [-0.2, -0.15) is 0 Å². The van der Waals surface area contributed by atoms with Gasteiger partial charge in [0.05, 0.1) is 12.1 Å². The molecule has 6 heteroatoms. The molecule has 2 aromatic carbocycles. The monoisotopic (exact) mass is 449 g/mol. The smallest absolute Gasteiger partial charge is 0.119 e. The fraction of sp³-hybridized carbons (Fsp3) is 0.444. The lowest BCUT2D eigenvalue weighted by atomic mass is 9.96. The lowest BCUT2D eigenvalue weighted by Gasteiger charge is -2.27. The van der Waals surface area contributed by atoms with E-state index in [0.29, 0.717) is 19.6 Å². The van der Waals surface area contributed by atoms with Crippen LogP contribution in [-0.4, -0.2) is 51.5 Å². The number of benzene rings is 2. The fourth-order valence-electron chi connectivity index (χ4n) is 4.28. The van der Waals surface area contributed by atoms with Gasteiger partial charge >= 0.3 is 0 Å². The average Bonchev–Trinajstić information content (AvgIpc) is 3.12. The molecular formula is C27H35N3O3. The van der Waals surface area contributed by atoms with Gasteiger partial charge in [0.2, 0.25) is 0 Å². The van der Waals surface area contributed by atoms with Crippen LogP contribution in [0.1, 0.15) is 36.2 Å². The van der Waals surface area contributed by atoms with Crippen LogP contribution in [0.15, 0.2) is 60.9 Å². The Hall–Kier alpha value is -2.83. The molecule has 1 fully saturated rings. The second-order valence-electron chi connectivity index (χ2n) is 9.12. The van der Waals surface area contributed by atoms with Crippen LogP contribution in [0.5, 0.6) is 11.5 Å². The van der Waals surface area contributed by atoms with Crippen molar-refractivity contribution in [2.75, 3.05) is 26.3 Å². The van der Waals surface area contributed by atoms with Crippen LogP contribution in [0.3, 0.4) is 0 Å². The molecule has 0 amide bonds. The van der Waals surface area contributed by atoms with Crippen LogP contribution < -0.4 is 9.47 Å². The lowest BCUT2D eigenvalue weighted by molar-refractivity contribution is -0.0168.